The smallest absolute Gasteiger partial charge is 0.309 e. The Morgan fingerprint density at radius 3 is 2.70 bits per heavy atom. The summed E-state index contributed by atoms with van der Waals surface area (Å²) in [7, 11) is 3.85. The summed E-state index contributed by atoms with van der Waals surface area (Å²) < 4.78 is 29.5. The number of nitrogens with one attached hydrogen (secondary N) is 1. The number of halogens is 1. The van der Waals surface area contributed by atoms with E-state index in [2.05, 4.69) is 25.3 Å². The first-order valence-corrected chi connectivity index (χ1v) is 15.0. The molecule has 0 unspecified atom stereocenters. The molecule has 0 atom stereocenters. The van der Waals surface area contributed by atoms with Crippen molar-refractivity contribution in [2.45, 2.75) is 6.54 Å². The van der Waals surface area contributed by atoms with Crippen molar-refractivity contribution in [3.8, 4) is 17.3 Å². The summed E-state index contributed by atoms with van der Waals surface area (Å²) in [5, 5.41) is 7.16. The van der Waals surface area contributed by atoms with Crippen LogP contribution in [0.1, 0.15) is 0 Å². The summed E-state index contributed by atoms with van der Waals surface area (Å²) in [5.74, 6) is 0.621. The van der Waals surface area contributed by atoms with Gasteiger partial charge in [-0.25, -0.2) is 9.37 Å². The molecule has 0 radical (unpaired) electrons. The second-order valence-corrected chi connectivity index (χ2v) is 11.6. The highest BCUT2D eigenvalue weighted by atomic mass is 32.1. The maximum Gasteiger partial charge on any atom is 0.309 e. The largest absolute Gasteiger partial charge is 0.484 e. The van der Waals surface area contributed by atoms with Crippen LogP contribution in [0.15, 0.2) is 45.8 Å². The van der Waals surface area contributed by atoms with E-state index >= 15 is 0 Å². The van der Waals surface area contributed by atoms with Gasteiger partial charge in [-0.2, -0.15) is 9.50 Å². The quantitative estimate of drug-likeness (QED) is 0.219. The predicted molar refractivity (Wildman–Crippen MR) is 165 cm³/mol. The zero-order chi connectivity index (χ0) is 30.8. The molecular weight excluding hydrogens is 591 g/mol. The SMILES string of the molecule is CN(C)CCNC(=O)COc1ccc(N2CCN(CCn3c(=O)sc4c3nc(N)n3nc(-c5ccco5)nc43)CC2)c(F)c1. The Hall–Kier alpha value is -4.54. The topological polar surface area (TPSA) is 152 Å². The highest BCUT2D eigenvalue weighted by Crippen LogP contribution is 2.27. The van der Waals surface area contributed by atoms with E-state index in [1.165, 1.54) is 16.8 Å². The highest BCUT2D eigenvalue weighted by Gasteiger charge is 2.23. The van der Waals surface area contributed by atoms with Gasteiger partial charge in [0.15, 0.2) is 23.7 Å². The number of anilines is 2. The molecule has 14 nitrogen and oxygen atoms in total. The molecule has 6 rings (SSSR count). The molecule has 1 aromatic carbocycles. The minimum Gasteiger partial charge on any atom is -0.484 e. The Kier molecular flexibility index (Phi) is 8.45. The van der Waals surface area contributed by atoms with Crippen LogP contribution in [0.5, 0.6) is 5.75 Å². The number of nitrogens with two attached hydrogens (primary N) is 1. The standard InChI is InChI=1S/C28H33FN10O4S/c1-35(2)8-7-31-22(40)17-43-18-5-6-20(19(29)16-18)37-12-9-36(10-13-37)11-14-38-25-23(44-28(38)41)26-32-24(21-4-3-15-42-21)34-39(26)27(30)33-25/h3-6,15-16H,7-14,17H2,1-2H3,(H2,30,33)(H,31,40). The van der Waals surface area contributed by atoms with Gasteiger partial charge in [0.1, 0.15) is 16.3 Å². The van der Waals surface area contributed by atoms with Crippen molar-refractivity contribution in [3.63, 3.8) is 0 Å². The number of likely N-dealkylation sites (N-methyl/N-ethyl adjacent to an activating group) is 1. The summed E-state index contributed by atoms with van der Waals surface area (Å²) in [6.45, 7) is 4.71. The van der Waals surface area contributed by atoms with Gasteiger partial charge in [0.25, 0.3) is 5.91 Å². The van der Waals surface area contributed by atoms with Gasteiger partial charge in [-0.3, -0.25) is 19.1 Å². The van der Waals surface area contributed by atoms with Crippen LogP contribution in [-0.4, -0.2) is 106 Å². The normalized spacial score (nSPS) is 14.2. The molecule has 4 aromatic heterocycles. The number of carbonyl (C=O) groups is 1. The summed E-state index contributed by atoms with van der Waals surface area (Å²) >= 11 is 1.06. The average molecular weight is 625 g/mol. The van der Waals surface area contributed by atoms with Crippen LogP contribution >= 0.6 is 11.3 Å². The lowest BCUT2D eigenvalue weighted by molar-refractivity contribution is -0.123. The van der Waals surface area contributed by atoms with E-state index in [-0.39, 0.29) is 23.3 Å². The molecule has 0 aliphatic carbocycles. The molecule has 3 N–H and O–H groups in total. The maximum absolute atomic E-state index is 15.0. The molecule has 1 amide bonds. The summed E-state index contributed by atoms with van der Waals surface area (Å²) in [6.07, 6.45) is 1.54. The van der Waals surface area contributed by atoms with Crippen molar-refractivity contribution in [2.24, 2.45) is 0 Å². The summed E-state index contributed by atoms with van der Waals surface area (Å²) in [4.78, 5) is 40.0. The third kappa shape index (κ3) is 6.22. The van der Waals surface area contributed by atoms with Crippen LogP contribution in [0.2, 0.25) is 0 Å². The maximum atomic E-state index is 15.0. The molecule has 1 saturated heterocycles. The number of ether oxygens (including phenoxy) is 1. The molecule has 0 saturated carbocycles. The van der Waals surface area contributed by atoms with Crippen molar-refractivity contribution >= 4 is 44.9 Å². The average Bonchev–Trinajstić information content (AvgIpc) is 3.75. The monoisotopic (exact) mass is 624 g/mol. The second kappa shape index (κ2) is 12.6. The number of nitrogens with zero attached hydrogens (tertiary/aromatic N) is 8. The van der Waals surface area contributed by atoms with Crippen molar-refractivity contribution < 1.29 is 18.3 Å². The number of rotatable bonds is 11. The molecule has 5 aromatic rings. The van der Waals surface area contributed by atoms with E-state index in [1.807, 2.05) is 23.9 Å². The first-order chi connectivity index (χ1) is 21.3. The molecule has 44 heavy (non-hydrogen) atoms. The molecule has 5 heterocycles. The van der Waals surface area contributed by atoms with Gasteiger partial charge in [-0.15, -0.1) is 5.10 Å². The Labute approximate surface area is 255 Å². The van der Waals surface area contributed by atoms with Gasteiger partial charge in [0.05, 0.1) is 12.0 Å². The molecule has 1 fully saturated rings. The van der Waals surface area contributed by atoms with E-state index in [9.17, 15) is 14.0 Å². The Bertz CT molecular complexity index is 1830. The van der Waals surface area contributed by atoms with Crippen molar-refractivity contribution in [2.75, 3.05) is 77.1 Å². The van der Waals surface area contributed by atoms with Crippen molar-refractivity contribution in [1.82, 2.24) is 39.3 Å². The third-order valence-electron chi connectivity index (χ3n) is 7.38. The highest BCUT2D eigenvalue weighted by molar-refractivity contribution is 7.17. The first-order valence-electron chi connectivity index (χ1n) is 14.2. The lowest BCUT2D eigenvalue weighted by Gasteiger charge is -2.36. The van der Waals surface area contributed by atoms with Gasteiger partial charge in [0, 0.05) is 58.4 Å². The number of furan rings is 1. The first kappa shape index (κ1) is 29.5. The van der Waals surface area contributed by atoms with E-state index < -0.39 is 5.82 Å². The van der Waals surface area contributed by atoms with Gasteiger partial charge < -0.3 is 30.0 Å². The van der Waals surface area contributed by atoms with E-state index in [0.29, 0.717) is 84.8 Å². The number of aromatic nitrogens is 5. The minimum atomic E-state index is -0.404. The van der Waals surface area contributed by atoms with Crippen LogP contribution in [0.3, 0.4) is 0 Å². The minimum absolute atomic E-state index is 0.125. The number of nitrogen functional groups attached to an aromatic ring is 1. The number of fused-ring (bicyclic) bond motifs is 3. The number of hydrogen-bond donors (Lipinski definition) is 2. The number of amides is 1. The van der Waals surface area contributed by atoms with Crippen LogP contribution in [0.4, 0.5) is 16.0 Å². The van der Waals surface area contributed by atoms with Crippen LogP contribution in [0.25, 0.3) is 27.6 Å². The fourth-order valence-corrected chi connectivity index (χ4v) is 5.98. The molecule has 232 valence electrons. The molecular formula is C28H33FN10O4S. The molecule has 0 spiro atoms. The molecule has 0 bridgehead atoms. The molecule has 16 heteroatoms. The predicted octanol–water partition coefficient (Wildman–Crippen LogP) is 1.36. The van der Waals surface area contributed by atoms with Crippen LogP contribution in [-0.2, 0) is 11.3 Å². The molecule has 1 aliphatic heterocycles. The van der Waals surface area contributed by atoms with Gasteiger partial charge >= 0.3 is 4.87 Å². The number of hydrogen-bond acceptors (Lipinski definition) is 12. The number of thiazole rings is 1. The van der Waals surface area contributed by atoms with Crippen molar-refractivity contribution in [3.05, 3.63) is 52.1 Å². The third-order valence-corrected chi connectivity index (χ3v) is 8.35. The van der Waals surface area contributed by atoms with Gasteiger partial charge in [0.2, 0.25) is 11.8 Å². The lowest BCUT2D eigenvalue weighted by Crippen LogP contribution is -2.47. The fourth-order valence-electron chi connectivity index (χ4n) is 5.04. The summed E-state index contributed by atoms with van der Waals surface area (Å²) in [5.41, 5.74) is 7.60. The molecule has 1 aliphatic rings. The van der Waals surface area contributed by atoms with Crippen LogP contribution in [0, 0.1) is 5.82 Å². The number of carbonyl (C=O) groups excluding carboxylic acids is 1. The Morgan fingerprint density at radius 1 is 1.16 bits per heavy atom. The fraction of sp³-hybridized carbons (Fsp3) is 0.393. The zero-order valence-electron chi connectivity index (χ0n) is 24.4. The van der Waals surface area contributed by atoms with E-state index in [0.717, 1.165) is 17.9 Å². The van der Waals surface area contributed by atoms with E-state index in [1.54, 1.807) is 28.8 Å². The number of piperazine rings is 1. The van der Waals surface area contributed by atoms with Crippen molar-refractivity contribution in [1.29, 1.82) is 0 Å². The van der Waals surface area contributed by atoms with Gasteiger partial charge in [-0.05, 0) is 38.4 Å². The van der Waals surface area contributed by atoms with Gasteiger partial charge in [-0.1, -0.05) is 11.3 Å². The summed E-state index contributed by atoms with van der Waals surface area (Å²) in [6, 6.07) is 8.16. The zero-order valence-corrected chi connectivity index (χ0v) is 25.2. The Morgan fingerprint density at radius 2 is 1.98 bits per heavy atom. The number of benzene rings is 1. The second-order valence-electron chi connectivity index (χ2n) is 10.7. The van der Waals surface area contributed by atoms with Crippen LogP contribution < -0.4 is 25.6 Å². The lowest BCUT2D eigenvalue weighted by atomic mass is 10.2. The van der Waals surface area contributed by atoms with E-state index in [4.69, 9.17) is 14.9 Å². The Balaban J connectivity index is 1.05.